The fourth-order valence-electron chi connectivity index (χ4n) is 3.37. The molecule has 7 heteroatoms. The molecule has 1 saturated heterocycles. The van der Waals surface area contributed by atoms with E-state index in [-0.39, 0.29) is 23.3 Å². The summed E-state index contributed by atoms with van der Waals surface area (Å²) in [4.78, 5) is 37.2. The molecular formula is C18H21N3O4. The average Bonchev–Trinajstić information content (AvgIpc) is 2.63. The zero-order valence-electron chi connectivity index (χ0n) is 14.1. The highest BCUT2D eigenvalue weighted by Crippen LogP contribution is 2.28. The smallest absolute Gasteiger partial charge is 0.335 e. The Hall–Kier alpha value is -2.70. The molecule has 0 spiro atoms. The molecule has 7 nitrogen and oxygen atoms in total. The maximum Gasteiger partial charge on any atom is 0.335 e. The standard InChI is InChI=1S/C18H21N3O4/c1-20-16(22)8-7-15(19-20)17(23)21-9-3-6-14(11-21)12-4-2-5-13(10-12)18(24)25/h2,4-5,10,14H,3,6-9,11H2,1H3,(H,24,25)/t14-/m1/s1. The first kappa shape index (κ1) is 17.1. The first-order valence-electron chi connectivity index (χ1n) is 8.42. The topological polar surface area (TPSA) is 90.3 Å². The largest absolute Gasteiger partial charge is 0.478 e. The Kier molecular flexibility index (Phi) is 4.83. The van der Waals surface area contributed by atoms with Crippen molar-refractivity contribution in [1.82, 2.24) is 9.91 Å². The molecule has 0 unspecified atom stereocenters. The lowest BCUT2D eigenvalue weighted by molar-refractivity contribution is -0.130. The number of nitrogens with zero attached hydrogens (tertiary/aromatic N) is 3. The number of amides is 2. The Morgan fingerprint density at radius 2 is 2.08 bits per heavy atom. The van der Waals surface area contributed by atoms with Crippen LogP contribution in [0.4, 0.5) is 0 Å². The minimum Gasteiger partial charge on any atom is -0.478 e. The number of carboxylic acid groups (broad SMARTS) is 1. The highest BCUT2D eigenvalue weighted by Gasteiger charge is 2.30. The summed E-state index contributed by atoms with van der Waals surface area (Å²) in [6.45, 7) is 1.20. The summed E-state index contributed by atoms with van der Waals surface area (Å²) in [6.07, 6.45) is 2.45. The Balaban J connectivity index is 1.74. The molecule has 2 aliphatic rings. The van der Waals surface area contributed by atoms with Gasteiger partial charge in [0.05, 0.1) is 5.56 Å². The number of aromatic carboxylic acids is 1. The summed E-state index contributed by atoms with van der Waals surface area (Å²) < 4.78 is 0. The Morgan fingerprint density at radius 1 is 1.28 bits per heavy atom. The Labute approximate surface area is 145 Å². The quantitative estimate of drug-likeness (QED) is 0.904. The molecule has 25 heavy (non-hydrogen) atoms. The predicted molar refractivity (Wildman–Crippen MR) is 91.4 cm³/mol. The fourth-order valence-corrected chi connectivity index (χ4v) is 3.37. The molecule has 132 valence electrons. The summed E-state index contributed by atoms with van der Waals surface area (Å²) >= 11 is 0. The van der Waals surface area contributed by atoms with Crippen molar-refractivity contribution in [2.75, 3.05) is 20.1 Å². The van der Waals surface area contributed by atoms with Crippen LogP contribution in [0, 0.1) is 0 Å². The van der Waals surface area contributed by atoms with Crippen LogP contribution in [-0.4, -0.2) is 58.6 Å². The van der Waals surface area contributed by atoms with Crippen molar-refractivity contribution in [2.24, 2.45) is 5.10 Å². The molecular weight excluding hydrogens is 322 g/mol. The zero-order valence-corrected chi connectivity index (χ0v) is 14.1. The van der Waals surface area contributed by atoms with E-state index >= 15 is 0 Å². The van der Waals surface area contributed by atoms with Crippen molar-refractivity contribution >= 4 is 23.5 Å². The van der Waals surface area contributed by atoms with Crippen LogP contribution in [0.1, 0.15) is 47.5 Å². The van der Waals surface area contributed by atoms with Gasteiger partial charge in [-0.3, -0.25) is 9.59 Å². The van der Waals surface area contributed by atoms with E-state index in [1.807, 2.05) is 6.07 Å². The second-order valence-electron chi connectivity index (χ2n) is 6.48. The van der Waals surface area contributed by atoms with Crippen LogP contribution in [-0.2, 0) is 9.59 Å². The molecule has 0 saturated carbocycles. The minimum absolute atomic E-state index is 0.0847. The maximum absolute atomic E-state index is 12.7. The van der Waals surface area contributed by atoms with Crippen molar-refractivity contribution in [3.63, 3.8) is 0 Å². The summed E-state index contributed by atoms with van der Waals surface area (Å²) in [5.41, 5.74) is 1.62. The van der Waals surface area contributed by atoms with Crippen LogP contribution in [0.15, 0.2) is 29.4 Å². The van der Waals surface area contributed by atoms with Crippen LogP contribution >= 0.6 is 0 Å². The molecule has 1 aromatic carbocycles. The average molecular weight is 343 g/mol. The fraction of sp³-hybridized carbons (Fsp3) is 0.444. The first-order valence-corrected chi connectivity index (χ1v) is 8.42. The molecule has 3 rings (SSSR count). The predicted octanol–water partition coefficient (Wildman–Crippen LogP) is 1.70. The van der Waals surface area contributed by atoms with Gasteiger partial charge in [-0.1, -0.05) is 12.1 Å². The molecule has 0 bridgehead atoms. The lowest BCUT2D eigenvalue weighted by Crippen LogP contribution is -2.44. The maximum atomic E-state index is 12.7. The Morgan fingerprint density at radius 3 is 2.80 bits per heavy atom. The van der Waals surface area contributed by atoms with Gasteiger partial charge in [-0.05, 0) is 30.5 Å². The van der Waals surface area contributed by atoms with Crippen LogP contribution in [0.25, 0.3) is 0 Å². The van der Waals surface area contributed by atoms with Gasteiger partial charge in [0.2, 0.25) is 5.91 Å². The Bertz CT molecular complexity index is 744. The van der Waals surface area contributed by atoms with Crippen molar-refractivity contribution in [3.05, 3.63) is 35.4 Å². The van der Waals surface area contributed by atoms with E-state index in [1.165, 1.54) is 5.01 Å². The van der Waals surface area contributed by atoms with Crippen molar-refractivity contribution in [3.8, 4) is 0 Å². The normalized spacial score (nSPS) is 21.1. The molecule has 0 radical (unpaired) electrons. The van der Waals surface area contributed by atoms with Crippen molar-refractivity contribution < 1.29 is 19.5 Å². The summed E-state index contributed by atoms with van der Waals surface area (Å²) in [6, 6.07) is 6.91. The van der Waals surface area contributed by atoms with Crippen LogP contribution in [0.5, 0.6) is 0 Å². The minimum atomic E-state index is -0.949. The number of hydrazone groups is 1. The highest BCUT2D eigenvalue weighted by molar-refractivity contribution is 6.39. The van der Waals surface area contributed by atoms with E-state index in [9.17, 15) is 14.4 Å². The molecule has 1 N–H and O–H groups in total. The second-order valence-corrected chi connectivity index (χ2v) is 6.48. The van der Waals surface area contributed by atoms with Gasteiger partial charge in [-0.15, -0.1) is 0 Å². The number of likely N-dealkylation sites (tertiary alicyclic amines) is 1. The van der Waals surface area contributed by atoms with Gasteiger partial charge >= 0.3 is 5.97 Å². The SMILES string of the molecule is CN1N=C(C(=O)N2CCC[C@@H](c3cccc(C(=O)O)c3)C2)CCC1=O. The van der Waals surface area contributed by atoms with E-state index in [0.29, 0.717) is 31.6 Å². The third-order valence-corrected chi connectivity index (χ3v) is 4.77. The third kappa shape index (κ3) is 3.70. The zero-order chi connectivity index (χ0) is 18.0. The van der Waals surface area contributed by atoms with Crippen molar-refractivity contribution in [2.45, 2.75) is 31.6 Å². The first-order chi connectivity index (χ1) is 12.0. The molecule has 2 heterocycles. The van der Waals surface area contributed by atoms with E-state index < -0.39 is 5.97 Å². The molecule has 2 aliphatic heterocycles. The molecule has 0 aromatic heterocycles. The van der Waals surface area contributed by atoms with Gasteiger partial charge in [0.25, 0.3) is 5.91 Å². The summed E-state index contributed by atoms with van der Waals surface area (Å²) in [5, 5.41) is 14.5. The number of rotatable bonds is 3. The molecule has 1 atom stereocenters. The molecule has 2 amide bonds. The van der Waals surface area contributed by atoms with E-state index in [2.05, 4.69) is 5.10 Å². The van der Waals surface area contributed by atoms with Gasteiger partial charge in [-0.25, -0.2) is 9.80 Å². The van der Waals surface area contributed by atoms with Gasteiger partial charge in [0.1, 0.15) is 5.71 Å². The number of carboxylic acids is 1. The highest BCUT2D eigenvalue weighted by atomic mass is 16.4. The number of piperidine rings is 1. The monoisotopic (exact) mass is 343 g/mol. The van der Waals surface area contributed by atoms with E-state index in [1.54, 1.807) is 30.1 Å². The summed E-state index contributed by atoms with van der Waals surface area (Å²) in [5.74, 6) is -1.05. The van der Waals surface area contributed by atoms with Crippen LogP contribution < -0.4 is 0 Å². The molecule has 1 fully saturated rings. The van der Waals surface area contributed by atoms with E-state index in [4.69, 9.17) is 5.11 Å². The molecule has 0 aliphatic carbocycles. The molecule has 1 aromatic rings. The van der Waals surface area contributed by atoms with Gasteiger partial charge < -0.3 is 10.0 Å². The number of hydrogen-bond donors (Lipinski definition) is 1. The number of carbonyl (C=O) groups excluding carboxylic acids is 2. The third-order valence-electron chi connectivity index (χ3n) is 4.77. The van der Waals surface area contributed by atoms with Gasteiger partial charge in [0.15, 0.2) is 0 Å². The number of carbonyl (C=O) groups is 3. The lowest BCUT2D eigenvalue weighted by atomic mass is 9.89. The second kappa shape index (κ2) is 7.04. The lowest BCUT2D eigenvalue weighted by Gasteiger charge is -2.34. The van der Waals surface area contributed by atoms with Crippen LogP contribution in [0.2, 0.25) is 0 Å². The van der Waals surface area contributed by atoms with Gasteiger partial charge in [0, 0.05) is 38.9 Å². The number of benzene rings is 1. The van der Waals surface area contributed by atoms with Crippen LogP contribution in [0.3, 0.4) is 0 Å². The summed E-state index contributed by atoms with van der Waals surface area (Å²) in [7, 11) is 1.56. The van der Waals surface area contributed by atoms with Gasteiger partial charge in [-0.2, -0.15) is 5.10 Å². The van der Waals surface area contributed by atoms with Crippen molar-refractivity contribution in [1.29, 1.82) is 0 Å². The van der Waals surface area contributed by atoms with E-state index in [0.717, 1.165) is 18.4 Å². The number of hydrogen-bond acceptors (Lipinski definition) is 4.